The van der Waals surface area contributed by atoms with E-state index >= 15 is 0 Å². The summed E-state index contributed by atoms with van der Waals surface area (Å²) < 4.78 is 101. The minimum Gasteiger partial charge on any atom is -0.483 e. The van der Waals surface area contributed by atoms with E-state index in [1.807, 2.05) is 30.3 Å². The summed E-state index contributed by atoms with van der Waals surface area (Å²) in [6, 6.07) is 22.4. The Kier molecular flexibility index (Phi) is 7.34. The fraction of sp³-hybridized carbons (Fsp3) is 0.280. The number of hydrogen-bond acceptors (Lipinski definition) is 5. The molecule has 0 aromatic heterocycles. The average molecular weight is 560 g/mol. The highest BCUT2D eigenvalue weighted by molar-refractivity contribution is 7.97. The molecule has 0 bridgehead atoms. The smallest absolute Gasteiger partial charge is 0.405 e. The summed E-state index contributed by atoms with van der Waals surface area (Å²) in [6.07, 6.45) is -5.52. The summed E-state index contributed by atoms with van der Waals surface area (Å²) in [5, 5.41) is -4.49. The van der Waals surface area contributed by atoms with Crippen molar-refractivity contribution in [2.45, 2.75) is 51.8 Å². The second kappa shape index (κ2) is 9.91. The Morgan fingerprint density at radius 1 is 0.946 bits per heavy atom. The van der Waals surface area contributed by atoms with Crippen LogP contribution in [0.25, 0.3) is 0 Å². The van der Waals surface area contributed by atoms with Crippen molar-refractivity contribution in [3.05, 3.63) is 84.4 Å². The summed E-state index contributed by atoms with van der Waals surface area (Å²) in [5.74, 6) is -1.61. The van der Waals surface area contributed by atoms with Crippen LogP contribution in [0.3, 0.4) is 0 Å². The lowest BCUT2D eigenvalue weighted by Gasteiger charge is -2.23. The lowest BCUT2D eigenvalue weighted by molar-refractivity contribution is -0.266. The van der Waals surface area contributed by atoms with E-state index in [9.17, 15) is 26.0 Å². The average Bonchev–Trinajstić information content (AvgIpc) is 3.14. The van der Waals surface area contributed by atoms with E-state index in [1.165, 1.54) is 19.1 Å². The van der Waals surface area contributed by atoms with Crippen molar-refractivity contribution in [2.24, 2.45) is 0 Å². The summed E-state index contributed by atoms with van der Waals surface area (Å²) in [6.45, 7) is 1.42. The minimum atomic E-state index is -5.65. The molecule has 1 N–H and O–H groups in total. The number of hydrogen-bond donors (Lipinski definition) is 1. The molecule has 0 spiro atoms. The van der Waals surface area contributed by atoms with Crippen LogP contribution in [0, 0.1) is 0 Å². The molecule has 1 saturated heterocycles. The molecule has 6 nitrogen and oxygen atoms in total. The van der Waals surface area contributed by atoms with Gasteiger partial charge in [-0.15, -0.1) is 0 Å². The zero-order valence-corrected chi connectivity index (χ0v) is 21.2. The van der Waals surface area contributed by atoms with Gasteiger partial charge in [0.05, 0.1) is 10.9 Å². The third-order valence-corrected chi connectivity index (χ3v) is 8.89. The molecule has 0 aliphatic carbocycles. The number of alkyl halides is 4. The first kappa shape index (κ1) is 27.4. The van der Waals surface area contributed by atoms with Gasteiger partial charge in [-0.05, 0) is 74.5 Å². The maximum Gasteiger partial charge on any atom is 0.405 e. The molecule has 3 atom stereocenters. The summed E-state index contributed by atoms with van der Waals surface area (Å²) in [7, 11) is -6.33. The summed E-state index contributed by atoms with van der Waals surface area (Å²) in [5.41, 5.74) is 0.419. The van der Waals surface area contributed by atoms with Gasteiger partial charge in [0, 0.05) is 5.56 Å². The number of rotatable bonds is 8. The maximum atomic E-state index is 13.9. The third kappa shape index (κ3) is 5.78. The molecule has 1 aliphatic rings. The van der Waals surface area contributed by atoms with E-state index in [0.717, 1.165) is 21.6 Å². The molecule has 1 heterocycles. The van der Waals surface area contributed by atoms with Crippen LogP contribution in [0.1, 0.15) is 19.4 Å². The first-order valence-corrected chi connectivity index (χ1v) is 13.6. The van der Waals surface area contributed by atoms with Crippen LogP contribution in [-0.4, -0.2) is 37.0 Å². The van der Waals surface area contributed by atoms with Crippen LogP contribution in [0.4, 0.5) is 17.6 Å². The predicted octanol–water partition coefficient (Wildman–Crippen LogP) is 5.84. The van der Waals surface area contributed by atoms with Crippen LogP contribution < -0.4 is 4.74 Å². The molecule has 4 rings (SSSR count). The van der Waals surface area contributed by atoms with Crippen LogP contribution in [0.5, 0.6) is 5.75 Å². The molecule has 37 heavy (non-hydrogen) atoms. The summed E-state index contributed by atoms with van der Waals surface area (Å²) >= 11 is 0. The van der Waals surface area contributed by atoms with Gasteiger partial charge >= 0.3 is 21.5 Å². The van der Waals surface area contributed by atoms with Gasteiger partial charge in [0.25, 0.3) is 0 Å². The Labute approximate surface area is 214 Å². The van der Waals surface area contributed by atoms with Crippen molar-refractivity contribution in [1.29, 1.82) is 0 Å². The molecule has 3 unspecified atom stereocenters. The zero-order chi connectivity index (χ0) is 27.1. The Morgan fingerprint density at radius 3 is 1.95 bits per heavy atom. The van der Waals surface area contributed by atoms with Crippen molar-refractivity contribution in [3.8, 4) is 5.75 Å². The van der Waals surface area contributed by atoms with E-state index < -0.39 is 50.9 Å². The molecule has 1 fully saturated rings. The molecular weight excluding hydrogens is 536 g/mol. The Bertz CT molecular complexity index is 1340. The van der Waals surface area contributed by atoms with E-state index in [1.54, 1.807) is 36.4 Å². The normalized spacial score (nSPS) is 21.4. The van der Waals surface area contributed by atoms with Crippen LogP contribution >= 0.6 is 0 Å². The molecule has 0 radical (unpaired) electrons. The molecule has 3 aromatic rings. The van der Waals surface area contributed by atoms with E-state index in [2.05, 4.69) is 0 Å². The van der Waals surface area contributed by atoms with Gasteiger partial charge in [0.2, 0.25) is 0 Å². The predicted molar refractivity (Wildman–Crippen MR) is 127 cm³/mol. The molecule has 0 saturated carbocycles. The fourth-order valence-electron chi connectivity index (χ4n) is 3.70. The topological polar surface area (TPSA) is 82.1 Å². The minimum absolute atomic E-state index is 0.0177. The highest BCUT2D eigenvalue weighted by Gasteiger charge is 2.52. The van der Waals surface area contributed by atoms with Crippen LogP contribution in [-0.2, 0) is 36.3 Å². The molecule has 3 aromatic carbocycles. The molecule has 1 aliphatic heterocycles. The lowest BCUT2D eigenvalue weighted by atomic mass is 10.1. The van der Waals surface area contributed by atoms with Gasteiger partial charge in [-0.2, -0.15) is 26.0 Å². The summed E-state index contributed by atoms with van der Waals surface area (Å²) in [4.78, 5) is 2.55. The largest absolute Gasteiger partial charge is 0.483 e. The van der Waals surface area contributed by atoms with E-state index in [-0.39, 0.29) is 5.75 Å². The first-order chi connectivity index (χ1) is 17.2. The van der Waals surface area contributed by atoms with E-state index in [4.69, 9.17) is 18.8 Å². The lowest BCUT2D eigenvalue weighted by Crippen LogP contribution is -2.42. The second-order valence-corrected chi connectivity index (χ2v) is 11.9. The Balaban J connectivity index is 1.62. The molecule has 198 valence electrons. The number of halogens is 4. The van der Waals surface area contributed by atoms with Crippen LogP contribution in [0.2, 0.25) is 0 Å². The standard InChI is InChI=1S/C25H22F4O6S2/c1-17(25(28,29)37(30,31)32)34-19-10-14-22(15-11-19)36(20-6-4-3-5-7-20)21-12-8-18(9-13-21)23(2)33-16-24(26,27)35-23/h3-15,17H,16H2,1-2H3/p+1. The van der Waals surface area contributed by atoms with Gasteiger partial charge < -0.3 is 9.47 Å². The van der Waals surface area contributed by atoms with Gasteiger partial charge in [0.15, 0.2) is 26.6 Å². The van der Waals surface area contributed by atoms with Crippen molar-refractivity contribution < 1.29 is 44.7 Å². The van der Waals surface area contributed by atoms with Gasteiger partial charge in [-0.3, -0.25) is 9.29 Å². The van der Waals surface area contributed by atoms with Gasteiger partial charge in [0.1, 0.15) is 12.4 Å². The SMILES string of the molecule is CC(Oc1ccc([S+](c2ccccc2)c2ccc(C3(C)OCC(F)(F)O3)cc2)cc1)C(F)(F)S(=O)(=O)O. The van der Waals surface area contributed by atoms with Crippen molar-refractivity contribution >= 4 is 21.0 Å². The molecule has 12 heteroatoms. The van der Waals surface area contributed by atoms with Crippen molar-refractivity contribution in [2.75, 3.05) is 6.61 Å². The monoisotopic (exact) mass is 559 g/mol. The molecule has 0 amide bonds. The number of ether oxygens (including phenoxy) is 3. The maximum absolute atomic E-state index is 13.9. The van der Waals surface area contributed by atoms with E-state index in [0.29, 0.717) is 5.56 Å². The highest BCUT2D eigenvalue weighted by Crippen LogP contribution is 2.41. The van der Waals surface area contributed by atoms with Crippen LogP contribution in [0.15, 0.2) is 93.5 Å². The van der Waals surface area contributed by atoms with Gasteiger partial charge in [-0.25, -0.2) is 0 Å². The van der Waals surface area contributed by atoms with Crippen molar-refractivity contribution in [3.63, 3.8) is 0 Å². The van der Waals surface area contributed by atoms with Gasteiger partial charge in [-0.1, -0.05) is 18.2 Å². The molecular formula is C25H23F4O6S2+. The number of benzene rings is 3. The van der Waals surface area contributed by atoms with Crippen molar-refractivity contribution in [1.82, 2.24) is 0 Å². The Hall–Kier alpha value is -2.64. The fourth-order valence-corrected chi connectivity index (χ4v) is 6.23. The first-order valence-electron chi connectivity index (χ1n) is 11.0. The third-order valence-electron chi connectivity index (χ3n) is 5.64. The highest BCUT2D eigenvalue weighted by atomic mass is 32.2. The quantitative estimate of drug-likeness (QED) is 0.212. The Morgan fingerprint density at radius 2 is 1.46 bits per heavy atom. The second-order valence-electron chi connectivity index (χ2n) is 8.39. The zero-order valence-electron chi connectivity index (χ0n) is 19.6.